The van der Waals surface area contributed by atoms with Crippen LogP contribution < -0.4 is 0 Å². The molecule has 0 radical (unpaired) electrons. The lowest BCUT2D eigenvalue weighted by Gasteiger charge is -2.13. The monoisotopic (exact) mass is 232 g/mol. The summed E-state index contributed by atoms with van der Waals surface area (Å²) in [4.78, 5) is 23.5. The van der Waals surface area contributed by atoms with Gasteiger partial charge in [0.05, 0.1) is 0 Å². The lowest BCUT2D eigenvalue weighted by atomic mass is 10.5. The number of carbonyl (C=O) groups is 2. The fraction of sp³-hybridized carbons (Fsp3) is 0.600. The summed E-state index contributed by atoms with van der Waals surface area (Å²) in [6.45, 7) is 2.29. The second kappa shape index (κ2) is 10.1. The van der Waals surface area contributed by atoms with Crippen LogP contribution in [0.5, 0.6) is 0 Å². The van der Waals surface area contributed by atoms with Crippen molar-refractivity contribution in [1.29, 1.82) is 0 Å². The fourth-order valence-corrected chi connectivity index (χ4v) is 0.543. The van der Waals surface area contributed by atoms with E-state index in [2.05, 4.69) is 38.0 Å². The Kier molecular flexibility index (Phi) is 10.8. The van der Waals surface area contributed by atoms with Crippen LogP contribution in [0.15, 0.2) is 12.2 Å². The summed E-state index contributed by atoms with van der Waals surface area (Å²) in [7, 11) is 8.35. The van der Waals surface area contributed by atoms with Gasteiger partial charge in [0.25, 0.3) is 0 Å². The third kappa shape index (κ3) is 22.9. The summed E-state index contributed by atoms with van der Waals surface area (Å²) in [6, 6.07) is 0. The van der Waals surface area contributed by atoms with E-state index in [1.54, 1.807) is 0 Å². The molecule has 6 nitrogen and oxygen atoms in total. The molecule has 94 valence electrons. The van der Waals surface area contributed by atoms with E-state index in [4.69, 9.17) is 10.2 Å². The van der Waals surface area contributed by atoms with Crippen LogP contribution in [0.3, 0.4) is 0 Å². The maximum atomic E-state index is 9.55. The minimum atomic E-state index is -1.26. The van der Waals surface area contributed by atoms with Crippen LogP contribution in [-0.2, 0) is 9.59 Å². The highest BCUT2D eigenvalue weighted by atomic mass is 16.4. The third-order valence-electron chi connectivity index (χ3n) is 1.36. The molecule has 0 aliphatic heterocycles. The second-order valence-electron chi connectivity index (χ2n) is 3.62. The molecule has 2 N–H and O–H groups in total. The lowest BCUT2D eigenvalue weighted by Crippen LogP contribution is -2.25. The molecule has 0 saturated carbocycles. The molecule has 0 aromatic carbocycles. The van der Waals surface area contributed by atoms with Crippen molar-refractivity contribution in [2.24, 2.45) is 0 Å². The van der Waals surface area contributed by atoms with Gasteiger partial charge in [-0.3, -0.25) is 0 Å². The van der Waals surface area contributed by atoms with Gasteiger partial charge in [-0.15, -0.1) is 0 Å². The van der Waals surface area contributed by atoms with Crippen LogP contribution in [-0.4, -0.2) is 73.2 Å². The minimum absolute atomic E-state index is 0.558. The largest absolute Gasteiger partial charge is 0.478 e. The molecule has 0 aromatic heterocycles. The number of hydrogen-bond donors (Lipinski definition) is 2. The van der Waals surface area contributed by atoms with Gasteiger partial charge >= 0.3 is 11.9 Å². The van der Waals surface area contributed by atoms with Crippen molar-refractivity contribution < 1.29 is 19.8 Å². The number of aliphatic carboxylic acids is 2. The first-order chi connectivity index (χ1) is 7.25. The molecule has 0 saturated heterocycles. The fourth-order valence-electron chi connectivity index (χ4n) is 0.543. The highest BCUT2D eigenvalue weighted by Gasteiger charge is 1.89. The van der Waals surface area contributed by atoms with E-state index in [1.165, 1.54) is 0 Å². The quantitative estimate of drug-likeness (QED) is 0.640. The molecular weight excluding hydrogens is 212 g/mol. The van der Waals surface area contributed by atoms with Crippen molar-refractivity contribution in [2.45, 2.75) is 0 Å². The van der Waals surface area contributed by atoms with E-state index < -0.39 is 11.9 Å². The molecular formula is C10H20N2O4. The molecule has 0 spiro atoms. The molecule has 0 aromatic rings. The van der Waals surface area contributed by atoms with Gasteiger partial charge in [-0.25, -0.2) is 9.59 Å². The number of carboxylic acid groups (broad SMARTS) is 2. The Morgan fingerprint density at radius 1 is 0.875 bits per heavy atom. The highest BCUT2D eigenvalue weighted by Crippen LogP contribution is 1.76. The maximum Gasteiger partial charge on any atom is 0.328 e. The standard InChI is InChI=1S/C6H16N2.C4H4O4/c1-7(2)5-6-8(3)4;5-3(6)1-2-4(7)8/h5-6H2,1-4H3;1-2H,(H,5,6)(H,7,8)/b;2-1+. The van der Waals surface area contributed by atoms with Crippen molar-refractivity contribution in [3.63, 3.8) is 0 Å². The smallest absolute Gasteiger partial charge is 0.328 e. The topological polar surface area (TPSA) is 81.1 Å². The van der Waals surface area contributed by atoms with Gasteiger partial charge in [-0.1, -0.05) is 0 Å². The van der Waals surface area contributed by atoms with Gasteiger partial charge in [0.15, 0.2) is 0 Å². The zero-order chi connectivity index (χ0) is 13.1. The molecule has 16 heavy (non-hydrogen) atoms. The molecule has 0 aliphatic carbocycles. The Labute approximate surface area is 95.8 Å². The SMILES string of the molecule is CN(C)CCN(C)C.O=C(O)/C=C/C(=O)O. The molecule has 0 heterocycles. The van der Waals surface area contributed by atoms with E-state index in [9.17, 15) is 9.59 Å². The molecule has 0 aliphatic rings. The van der Waals surface area contributed by atoms with Crippen LogP contribution in [0.1, 0.15) is 0 Å². The molecule has 0 unspecified atom stereocenters. The summed E-state index contributed by atoms with van der Waals surface area (Å²) < 4.78 is 0. The summed E-state index contributed by atoms with van der Waals surface area (Å²) in [5.41, 5.74) is 0. The summed E-state index contributed by atoms with van der Waals surface area (Å²) in [6.07, 6.45) is 1.12. The van der Waals surface area contributed by atoms with Crippen LogP contribution in [0.25, 0.3) is 0 Å². The number of nitrogens with zero attached hydrogens (tertiary/aromatic N) is 2. The first-order valence-corrected chi connectivity index (χ1v) is 4.69. The maximum absolute atomic E-state index is 9.55. The Hall–Kier alpha value is -1.40. The van der Waals surface area contributed by atoms with Gasteiger partial charge in [-0.2, -0.15) is 0 Å². The number of hydrogen-bond acceptors (Lipinski definition) is 4. The molecule has 0 amide bonds. The molecule has 0 atom stereocenters. The van der Waals surface area contributed by atoms with Gasteiger partial charge in [0, 0.05) is 25.2 Å². The molecule has 0 fully saturated rings. The molecule has 0 bridgehead atoms. The summed E-state index contributed by atoms with van der Waals surface area (Å²) in [5, 5.41) is 15.6. The predicted molar refractivity (Wildman–Crippen MR) is 61.5 cm³/mol. The van der Waals surface area contributed by atoms with Gasteiger partial charge < -0.3 is 20.0 Å². The highest BCUT2D eigenvalue weighted by molar-refractivity contribution is 5.89. The van der Waals surface area contributed by atoms with Gasteiger partial charge in [0.1, 0.15) is 0 Å². The Balaban J connectivity index is 0. The zero-order valence-electron chi connectivity index (χ0n) is 10.2. The summed E-state index contributed by atoms with van der Waals surface area (Å²) >= 11 is 0. The van der Waals surface area contributed by atoms with Crippen molar-refractivity contribution in [1.82, 2.24) is 9.80 Å². The Morgan fingerprint density at radius 2 is 1.12 bits per heavy atom. The second-order valence-corrected chi connectivity index (χ2v) is 3.62. The van der Waals surface area contributed by atoms with Crippen LogP contribution in [0.4, 0.5) is 0 Å². The van der Waals surface area contributed by atoms with Crippen molar-refractivity contribution in [3.8, 4) is 0 Å². The number of rotatable bonds is 5. The predicted octanol–water partition coefficient (Wildman–Crippen LogP) is -0.179. The van der Waals surface area contributed by atoms with E-state index in [0.29, 0.717) is 12.2 Å². The first kappa shape index (κ1) is 17.0. The normalized spacial score (nSPS) is 10.4. The zero-order valence-corrected chi connectivity index (χ0v) is 10.2. The number of carboxylic acids is 2. The summed E-state index contributed by atoms with van der Waals surface area (Å²) in [5.74, 6) is -2.51. The van der Waals surface area contributed by atoms with Crippen molar-refractivity contribution in [2.75, 3.05) is 41.3 Å². The molecule has 0 rings (SSSR count). The average Bonchev–Trinajstić information content (AvgIpc) is 2.12. The lowest BCUT2D eigenvalue weighted by molar-refractivity contribution is -0.134. The van der Waals surface area contributed by atoms with Gasteiger partial charge in [-0.05, 0) is 28.2 Å². The van der Waals surface area contributed by atoms with Gasteiger partial charge in [0.2, 0.25) is 0 Å². The average molecular weight is 232 g/mol. The van der Waals surface area contributed by atoms with E-state index in [-0.39, 0.29) is 0 Å². The van der Waals surface area contributed by atoms with Crippen LogP contribution in [0.2, 0.25) is 0 Å². The van der Waals surface area contributed by atoms with Crippen molar-refractivity contribution >= 4 is 11.9 Å². The van der Waals surface area contributed by atoms with Crippen molar-refractivity contribution in [3.05, 3.63) is 12.2 Å². The van der Waals surface area contributed by atoms with E-state index >= 15 is 0 Å². The van der Waals surface area contributed by atoms with E-state index in [0.717, 1.165) is 13.1 Å². The minimum Gasteiger partial charge on any atom is -0.478 e. The molecule has 6 heteroatoms. The Bertz CT molecular complexity index is 213. The first-order valence-electron chi connectivity index (χ1n) is 4.69. The third-order valence-corrected chi connectivity index (χ3v) is 1.36. The van der Waals surface area contributed by atoms with Crippen LogP contribution >= 0.6 is 0 Å². The van der Waals surface area contributed by atoms with Crippen LogP contribution in [0, 0.1) is 0 Å². The number of likely N-dealkylation sites (N-methyl/N-ethyl adjacent to an activating group) is 2. The Morgan fingerprint density at radius 3 is 1.25 bits per heavy atom. The van der Waals surface area contributed by atoms with E-state index in [1.807, 2.05) is 0 Å².